The summed E-state index contributed by atoms with van der Waals surface area (Å²) in [5, 5.41) is 11.4. The molecule has 1 unspecified atom stereocenters. The van der Waals surface area contributed by atoms with E-state index in [2.05, 4.69) is 9.97 Å². The highest BCUT2D eigenvalue weighted by molar-refractivity contribution is 6.47. The molecule has 1 saturated heterocycles. The molecular formula is C23H18ClN3O4. The average Bonchev–Trinajstić information content (AvgIpc) is 3.05. The maximum Gasteiger partial charge on any atom is 0.296 e. The number of amides is 1. The van der Waals surface area contributed by atoms with Gasteiger partial charge in [-0.05, 0) is 42.0 Å². The maximum absolute atomic E-state index is 13.0. The van der Waals surface area contributed by atoms with Gasteiger partial charge >= 0.3 is 0 Å². The number of aliphatic hydroxyl groups is 1. The van der Waals surface area contributed by atoms with Gasteiger partial charge in [-0.1, -0.05) is 23.7 Å². The molecule has 7 nitrogen and oxygen atoms in total. The molecule has 3 heterocycles. The van der Waals surface area contributed by atoms with E-state index >= 15 is 0 Å². The number of nitrogens with zero attached hydrogens (tertiary/aromatic N) is 3. The Labute approximate surface area is 183 Å². The number of ether oxygens (including phenoxy) is 1. The van der Waals surface area contributed by atoms with Crippen LogP contribution in [0.3, 0.4) is 0 Å². The lowest BCUT2D eigenvalue weighted by molar-refractivity contribution is -0.140. The fourth-order valence-corrected chi connectivity index (χ4v) is 3.76. The van der Waals surface area contributed by atoms with Crippen LogP contribution in [-0.2, 0) is 16.1 Å². The zero-order chi connectivity index (χ0) is 22.0. The van der Waals surface area contributed by atoms with Gasteiger partial charge in [-0.3, -0.25) is 19.6 Å². The maximum atomic E-state index is 13.0. The summed E-state index contributed by atoms with van der Waals surface area (Å²) in [5.41, 5.74) is 1.32. The van der Waals surface area contributed by atoms with E-state index in [9.17, 15) is 14.7 Å². The number of Topliss-reactive ketones (excluding diaryl/α,β-unsaturated/α-hetero) is 1. The Bertz CT molecular complexity index is 1170. The molecule has 1 aliphatic heterocycles. The van der Waals surface area contributed by atoms with Crippen molar-refractivity contribution < 1.29 is 19.4 Å². The highest BCUT2D eigenvalue weighted by atomic mass is 35.5. The second-order valence-electron chi connectivity index (χ2n) is 6.88. The van der Waals surface area contributed by atoms with Gasteiger partial charge in [0.25, 0.3) is 11.7 Å². The number of methoxy groups -OCH3 is 1. The van der Waals surface area contributed by atoms with Crippen LogP contribution in [0.5, 0.6) is 5.75 Å². The molecule has 1 fully saturated rings. The Morgan fingerprint density at radius 2 is 2.00 bits per heavy atom. The molecule has 1 atom stereocenters. The Hall–Kier alpha value is -3.71. The third-order valence-corrected chi connectivity index (χ3v) is 5.36. The number of hydrogen-bond acceptors (Lipinski definition) is 6. The minimum atomic E-state index is -0.849. The number of rotatable bonds is 5. The van der Waals surface area contributed by atoms with E-state index in [0.717, 1.165) is 0 Å². The summed E-state index contributed by atoms with van der Waals surface area (Å²) in [6.45, 7) is 0.0909. The molecule has 8 heteroatoms. The van der Waals surface area contributed by atoms with Crippen molar-refractivity contribution in [3.8, 4) is 5.75 Å². The summed E-state index contributed by atoms with van der Waals surface area (Å²) in [6, 6.07) is 12.6. The molecule has 1 aromatic carbocycles. The van der Waals surface area contributed by atoms with Crippen LogP contribution in [0.1, 0.15) is 22.9 Å². The fourth-order valence-electron chi connectivity index (χ4n) is 3.55. The first-order valence-electron chi connectivity index (χ1n) is 9.43. The van der Waals surface area contributed by atoms with E-state index in [4.69, 9.17) is 16.3 Å². The van der Waals surface area contributed by atoms with Crippen molar-refractivity contribution >= 4 is 29.1 Å². The summed E-state index contributed by atoms with van der Waals surface area (Å²) in [5.74, 6) is -1.47. The SMILES string of the molecule is COc1ccc(Cl)c(/C(O)=C2\C(=O)C(=O)N(Cc3ccccn3)C2c2cccnc2)c1. The quantitative estimate of drug-likeness (QED) is 0.372. The third kappa shape index (κ3) is 3.87. The highest BCUT2D eigenvalue weighted by Gasteiger charge is 2.46. The second-order valence-corrected chi connectivity index (χ2v) is 7.29. The van der Waals surface area contributed by atoms with Crippen LogP contribution in [0, 0.1) is 0 Å². The normalized spacial score (nSPS) is 17.7. The molecule has 1 N–H and O–H groups in total. The van der Waals surface area contributed by atoms with Crippen molar-refractivity contribution in [2.24, 2.45) is 0 Å². The summed E-state index contributed by atoms with van der Waals surface area (Å²) >= 11 is 6.29. The number of aromatic nitrogens is 2. The molecule has 2 aromatic heterocycles. The van der Waals surface area contributed by atoms with Gasteiger partial charge in [0.15, 0.2) is 0 Å². The van der Waals surface area contributed by atoms with Gasteiger partial charge in [-0.2, -0.15) is 0 Å². The topological polar surface area (TPSA) is 92.6 Å². The number of likely N-dealkylation sites (tertiary alicyclic amines) is 1. The van der Waals surface area contributed by atoms with Gasteiger partial charge in [-0.25, -0.2) is 0 Å². The second kappa shape index (κ2) is 8.57. The lowest BCUT2D eigenvalue weighted by Crippen LogP contribution is -2.29. The Morgan fingerprint density at radius 1 is 1.16 bits per heavy atom. The monoisotopic (exact) mass is 435 g/mol. The number of carbonyl (C=O) groups is 2. The largest absolute Gasteiger partial charge is 0.507 e. The van der Waals surface area contributed by atoms with Crippen molar-refractivity contribution in [1.82, 2.24) is 14.9 Å². The molecule has 0 radical (unpaired) electrons. The van der Waals surface area contributed by atoms with E-state index in [1.807, 2.05) is 0 Å². The first-order valence-corrected chi connectivity index (χ1v) is 9.81. The number of carbonyl (C=O) groups excluding carboxylic acids is 2. The van der Waals surface area contributed by atoms with Crippen molar-refractivity contribution in [2.45, 2.75) is 12.6 Å². The molecule has 1 amide bonds. The lowest BCUT2D eigenvalue weighted by atomic mass is 9.96. The van der Waals surface area contributed by atoms with E-state index < -0.39 is 17.7 Å². The Kier molecular flexibility index (Phi) is 5.68. The zero-order valence-corrected chi connectivity index (χ0v) is 17.3. The fraction of sp³-hybridized carbons (Fsp3) is 0.130. The Morgan fingerprint density at radius 3 is 2.68 bits per heavy atom. The minimum absolute atomic E-state index is 0.0657. The third-order valence-electron chi connectivity index (χ3n) is 5.03. The first-order chi connectivity index (χ1) is 15.0. The first kappa shape index (κ1) is 20.6. The van der Waals surface area contributed by atoms with E-state index in [0.29, 0.717) is 17.0 Å². The van der Waals surface area contributed by atoms with Crippen LogP contribution in [0.2, 0.25) is 5.02 Å². The van der Waals surface area contributed by atoms with Gasteiger partial charge < -0.3 is 14.7 Å². The number of ketones is 1. The minimum Gasteiger partial charge on any atom is -0.507 e. The molecule has 0 bridgehead atoms. The summed E-state index contributed by atoms with van der Waals surface area (Å²) < 4.78 is 5.21. The molecule has 1 aliphatic rings. The predicted molar refractivity (Wildman–Crippen MR) is 114 cm³/mol. The molecule has 0 aliphatic carbocycles. The molecule has 31 heavy (non-hydrogen) atoms. The number of halogens is 1. The summed E-state index contributed by atoms with van der Waals surface area (Å²) in [4.78, 5) is 35.8. The zero-order valence-electron chi connectivity index (χ0n) is 16.5. The van der Waals surface area contributed by atoms with Crippen molar-refractivity contribution in [3.63, 3.8) is 0 Å². The molecular weight excluding hydrogens is 418 g/mol. The van der Waals surface area contributed by atoms with Crippen LogP contribution in [-0.4, -0.2) is 38.8 Å². The smallest absolute Gasteiger partial charge is 0.296 e. The van der Waals surface area contributed by atoms with Gasteiger partial charge in [0.1, 0.15) is 11.5 Å². The van der Waals surface area contributed by atoms with Gasteiger partial charge in [-0.15, -0.1) is 0 Å². The summed E-state index contributed by atoms with van der Waals surface area (Å²) in [6.07, 6.45) is 4.76. The molecule has 4 rings (SSSR count). The lowest BCUT2D eigenvalue weighted by Gasteiger charge is -2.24. The van der Waals surface area contributed by atoms with Crippen molar-refractivity contribution in [2.75, 3.05) is 7.11 Å². The van der Waals surface area contributed by atoms with Gasteiger partial charge in [0, 0.05) is 24.2 Å². The summed E-state index contributed by atoms with van der Waals surface area (Å²) in [7, 11) is 1.48. The molecule has 3 aromatic rings. The van der Waals surface area contributed by atoms with Crippen LogP contribution in [0.4, 0.5) is 0 Å². The van der Waals surface area contributed by atoms with Crippen LogP contribution in [0.15, 0.2) is 72.7 Å². The van der Waals surface area contributed by atoms with E-state index in [-0.39, 0.29) is 28.5 Å². The number of benzene rings is 1. The van der Waals surface area contributed by atoms with Crippen molar-refractivity contribution in [1.29, 1.82) is 0 Å². The van der Waals surface area contributed by atoms with Crippen LogP contribution < -0.4 is 4.74 Å². The predicted octanol–water partition coefficient (Wildman–Crippen LogP) is 3.76. The highest BCUT2D eigenvalue weighted by Crippen LogP contribution is 2.41. The van der Waals surface area contributed by atoms with E-state index in [1.165, 1.54) is 18.1 Å². The Balaban J connectivity index is 1.89. The van der Waals surface area contributed by atoms with Gasteiger partial charge in [0.2, 0.25) is 0 Å². The van der Waals surface area contributed by atoms with Crippen LogP contribution >= 0.6 is 11.6 Å². The van der Waals surface area contributed by atoms with E-state index in [1.54, 1.807) is 61.1 Å². The average molecular weight is 436 g/mol. The molecule has 0 spiro atoms. The number of hydrogen-bond donors (Lipinski definition) is 1. The molecule has 156 valence electrons. The standard InChI is InChI=1S/C23H18ClN3O4/c1-31-16-7-8-18(24)17(11-16)21(28)19-20(14-5-4-9-25-12-14)27(23(30)22(19)29)13-15-6-2-3-10-26-15/h2-12,20,28H,13H2,1H3/b21-19+. The van der Waals surface area contributed by atoms with Gasteiger partial charge in [0.05, 0.1) is 36.0 Å². The number of pyridine rings is 2. The number of aliphatic hydroxyl groups excluding tert-OH is 1. The van der Waals surface area contributed by atoms with Crippen LogP contribution in [0.25, 0.3) is 5.76 Å². The molecule has 0 saturated carbocycles. The van der Waals surface area contributed by atoms with Crippen molar-refractivity contribution in [3.05, 3.63) is 94.5 Å².